The van der Waals surface area contributed by atoms with Crippen molar-refractivity contribution in [1.29, 1.82) is 0 Å². The van der Waals surface area contributed by atoms with Gasteiger partial charge in [0, 0.05) is 28.7 Å². The number of para-hydroxylation sites is 1. The molecule has 1 aromatic heterocycles. The molecule has 2 heterocycles. The molecular formula is C33H39N3O. The predicted octanol–water partition coefficient (Wildman–Crippen LogP) is 6.57. The number of fused-ring (bicyclic) bond motifs is 3. The van der Waals surface area contributed by atoms with E-state index in [1.165, 1.54) is 27.7 Å². The average molecular weight is 494 g/mol. The quantitative estimate of drug-likeness (QED) is 0.286. The number of hydrogen-bond donors (Lipinski definition) is 1. The summed E-state index contributed by atoms with van der Waals surface area (Å²) in [5.41, 5.74) is 6.27. The number of hydrogen-bond acceptors (Lipinski definition) is 2. The Kier molecular flexibility index (Phi) is 7.48. The fraction of sp³-hybridized carbons (Fsp3) is 0.364. The number of carbonyl (C=O) groups excluding carboxylic acids is 1. The van der Waals surface area contributed by atoms with Crippen molar-refractivity contribution in [2.45, 2.75) is 57.0 Å². The zero-order valence-corrected chi connectivity index (χ0v) is 22.4. The second-order valence-corrected chi connectivity index (χ2v) is 10.8. The number of H-pyrrole nitrogens is 1. The third-order valence-electron chi connectivity index (χ3n) is 8.54. The van der Waals surface area contributed by atoms with E-state index in [0.29, 0.717) is 6.42 Å². The van der Waals surface area contributed by atoms with E-state index in [4.69, 9.17) is 0 Å². The first-order chi connectivity index (χ1) is 18.0. The number of rotatable bonds is 9. The van der Waals surface area contributed by atoms with Crippen molar-refractivity contribution in [2.24, 2.45) is 0 Å². The van der Waals surface area contributed by atoms with Gasteiger partial charge in [0.1, 0.15) is 0 Å². The number of carbonyl (C=O) groups is 1. The smallest absolute Gasteiger partial charge is 0.227 e. The minimum absolute atomic E-state index is 0.0269. The van der Waals surface area contributed by atoms with Crippen LogP contribution < -0.4 is 0 Å². The van der Waals surface area contributed by atoms with E-state index in [2.05, 4.69) is 103 Å². The van der Waals surface area contributed by atoms with Crippen molar-refractivity contribution >= 4 is 16.8 Å². The van der Waals surface area contributed by atoms with Crippen LogP contribution in [0.25, 0.3) is 10.9 Å². The molecule has 0 saturated carbocycles. The van der Waals surface area contributed by atoms with Crippen LogP contribution in [0.15, 0.2) is 84.9 Å². The standard InChI is InChI=1S/C33H39N3O/c1-4-33(35(2)3,24-26-15-9-6-10-16-26)21-19-30-32-28(27-17-11-12-18-29(27)34-32)20-22-36(30)31(37)23-25-13-7-5-8-14-25/h5-18,30,34H,4,19-24H2,1-3H3. The van der Waals surface area contributed by atoms with Gasteiger partial charge in [0.15, 0.2) is 0 Å². The summed E-state index contributed by atoms with van der Waals surface area (Å²) < 4.78 is 0. The van der Waals surface area contributed by atoms with Crippen LogP contribution in [0.3, 0.4) is 0 Å². The third-order valence-corrected chi connectivity index (χ3v) is 8.54. The summed E-state index contributed by atoms with van der Waals surface area (Å²) in [6, 6.07) is 29.6. The second kappa shape index (κ2) is 10.9. The van der Waals surface area contributed by atoms with Gasteiger partial charge in [-0.1, -0.05) is 85.8 Å². The monoisotopic (exact) mass is 493 g/mol. The van der Waals surface area contributed by atoms with Crippen LogP contribution in [0.2, 0.25) is 0 Å². The Labute approximate surface area is 221 Å². The molecule has 0 spiro atoms. The lowest BCUT2D eigenvalue weighted by atomic mass is 9.80. The van der Waals surface area contributed by atoms with Gasteiger partial charge in [-0.25, -0.2) is 0 Å². The number of likely N-dealkylation sites (N-methyl/N-ethyl adjacent to an activating group) is 1. The van der Waals surface area contributed by atoms with Gasteiger partial charge < -0.3 is 14.8 Å². The fourth-order valence-electron chi connectivity index (χ4n) is 6.26. The summed E-state index contributed by atoms with van der Waals surface area (Å²) >= 11 is 0. The molecular weight excluding hydrogens is 454 g/mol. The molecule has 4 nitrogen and oxygen atoms in total. The number of nitrogens with one attached hydrogen (secondary N) is 1. The number of benzene rings is 3. The van der Waals surface area contributed by atoms with Gasteiger partial charge in [0.05, 0.1) is 12.5 Å². The maximum Gasteiger partial charge on any atom is 0.227 e. The van der Waals surface area contributed by atoms with Gasteiger partial charge in [-0.3, -0.25) is 4.79 Å². The molecule has 37 heavy (non-hydrogen) atoms. The van der Waals surface area contributed by atoms with Crippen molar-refractivity contribution in [1.82, 2.24) is 14.8 Å². The lowest BCUT2D eigenvalue weighted by Gasteiger charge is -2.43. The Morgan fingerprint density at radius 2 is 1.59 bits per heavy atom. The van der Waals surface area contributed by atoms with Crippen molar-refractivity contribution in [2.75, 3.05) is 20.6 Å². The maximum absolute atomic E-state index is 13.7. The molecule has 4 aromatic rings. The minimum atomic E-state index is 0.0269. The predicted molar refractivity (Wildman–Crippen MR) is 153 cm³/mol. The number of amides is 1. The van der Waals surface area contributed by atoms with Crippen LogP contribution in [0.1, 0.15) is 54.6 Å². The summed E-state index contributed by atoms with van der Waals surface area (Å²) in [6.45, 7) is 3.07. The lowest BCUT2D eigenvalue weighted by Crippen LogP contribution is -2.47. The molecule has 4 heteroatoms. The molecule has 0 bridgehead atoms. The zero-order chi connectivity index (χ0) is 25.8. The molecule has 1 aliphatic heterocycles. The Morgan fingerprint density at radius 1 is 0.946 bits per heavy atom. The van der Waals surface area contributed by atoms with Crippen LogP contribution in [-0.2, 0) is 24.1 Å². The van der Waals surface area contributed by atoms with Crippen LogP contribution in [0, 0.1) is 0 Å². The molecule has 0 radical (unpaired) electrons. The first-order valence-electron chi connectivity index (χ1n) is 13.6. The molecule has 2 atom stereocenters. The van der Waals surface area contributed by atoms with E-state index in [9.17, 15) is 4.79 Å². The fourth-order valence-corrected chi connectivity index (χ4v) is 6.26. The van der Waals surface area contributed by atoms with Crippen LogP contribution >= 0.6 is 0 Å². The molecule has 0 fully saturated rings. The molecule has 1 amide bonds. The normalized spacial score (nSPS) is 17.1. The highest BCUT2D eigenvalue weighted by atomic mass is 16.2. The molecule has 3 aromatic carbocycles. The second-order valence-electron chi connectivity index (χ2n) is 10.8. The Bertz CT molecular complexity index is 1330. The first-order valence-corrected chi connectivity index (χ1v) is 13.6. The summed E-state index contributed by atoms with van der Waals surface area (Å²) in [6.07, 6.45) is 5.34. The highest BCUT2D eigenvalue weighted by molar-refractivity contribution is 5.86. The zero-order valence-electron chi connectivity index (χ0n) is 22.4. The average Bonchev–Trinajstić information content (AvgIpc) is 3.31. The van der Waals surface area contributed by atoms with E-state index in [1.54, 1.807) is 0 Å². The SMILES string of the molecule is CCC(CCC1c2[nH]c3ccccc3c2CCN1C(=O)Cc1ccccc1)(Cc1ccccc1)N(C)C. The highest BCUT2D eigenvalue weighted by Crippen LogP contribution is 2.40. The summed E-state index contributed by atoms with van der Waals surface area (Å²) in [4.78, 5) is 22.0. The largest absolute Gasteiger partial charge is 0.356 e. The van der Waals surface area contributed by atoms with E-state index >= 15 is 0 Å². The van der Waals surface area contributed by atoms with Crippen molar-refractivity contribution in [3.05, 3.63) is 107 Å². The van der Waals surface area contributed by atoms with Gasteiger partial charge >= 0.3 is 0 Å². The molecule has 1 N–H and O–H groups in total. The summed E-state index contributed by atoms with van der Waals surface area (Å²) in [5, 5.41) is 1.30. The molecule has 0 aliphatic carbocycles. The van der Waals surface area contributed by atoms with Gasteiger partial charge in [0.2, 0.25) is 5.91 Å². The van der Waals surface area contributed by atoms with Gasteiger partial charge in [-0.05, 0) is 69.0 Å². The third kappa shape index (κ3) is 5.21. The van der Waals surface area contributed by atoms with Gasteiger partial charge in [0.25, 0.3) is 0 Å². The molecule has 2 unspecified atom stereocenters. The van der Waals surface area contributed by atoms with E-state index in [0.717, 1.165) is 44.2 Å². The Balaban J connectivity index is 1.47. The van der Waals surface area contributed by atoms with Crippen LogP contribution in [0.4, 0.5) is 0 Å². The Hall–Kier alpha value is -3.37. The number of nitrogens with zero attached hydrogens (tertiary/aromatic N) is 2. The topological polar surface area (TPSA) is 39.3 Å². The van der Waals surface area contributed by atoms with Gasteiger partial charge in [-0.2, -0.15) is 0 Å². The number of aromatic nitrogens is 1. The molecule has 192 valence electrons. The van der Waals surface area contributed by atoms with Crippen LogP contribution in [0.5, 0.6) is 0 Å². The van der Waals surface area contributed by atoms with Crippen molar-refractivity contribution in [3.63, 3.8) is 0 Å². The molecule has 1 aliphatic rings. The van der Waals surface area contributed by atoms with E-state index < -0.39 is 0 Å². The van der Waals surface area contributed by atoms with E-state index in [-0.39, 0.29) is 17.5 Å². The van der Waals surface area contributed by atoms with Gasteiger partial charge in [-0.15, -0.1) is 0 Å². The summed E-state index contributed by atoms with van der Waals surface area (Å²) in [5.74, 6) is 0.218. The molecule has 0 saturated heterocycles. The highest BCUT2D eigenvalue weighted by Gasteiger charge is 2.37. The number of aromatic amines is 1. The maximum atomic E-state index is 13.7. The van der Waals surface area contributed by atoms with Crippen molar-refractivity contribution < 1.29 is 4.79 Å². The van der Waals surface area contributed by atoms with Crippen molar-refractivity contribution in [3.8, 4) is 0 Å². The van der Waals surface area contributed by atoms with Crippen LogP contribution in [-0.4, -0.2) is 46.9 Å². The minimum Gasteiger partial charge on any atom is -0.356 e. The lowest BCUT2D eigenvalue weighted by molar-refractivity contribution is -0.133. The Morgan fingerprint density at radius 3 is 2.27 bits per heavy atom. The van der Waals surface area contributed by atoms with E-state index in [1.807, 2.05) is 18.2 Å². The molecule has 5 rings (SSSR count). The first kappa shape index (κ1) is 25.3. The summed E-state index contributed by atoms with van der Waals surface area (Å²) in [7, 11) is 4.42.